The van der Waals surface area contributed by atoms with Gasteiger partial charge in [-0.3, -0.25) is 0 Å². The molecular formula is C17H18ClNOS. The van der Waals surface area contributed by atoms with Gasteiger partial charge < -0.3 is 10.1 Å². The van der Waals surface area contributed by atoms with E-state index in [0.717, 1.165) is 35.1 Å². The molecule has 0 fully saturated rings. The zero-order valence-corrected chi connectivity index (χ0v) is 13.5. The van der Waals surface area contributed by atoms with Gasteiger partial charge in [0.05, 0.1) is 7.11 Å². The molecule has 3 rings (SSSR count). The van der Waals surface area contributed by atoms with Crippen molar-refractivity contribution in [1.82, 2.24) is 5.32 Å². The lowest BCUT2D eigenvalue weighted by atomic mass is 10.0. The molecule has 110 valence electrons. The SMILES string of the molecule is COc1ccc(Cl)cc1CNC1CCSc2ccccc21. The second kappa shape index (κ2) is 6.73. The number of hydrogen-bond donors (Lipinski definition) is 1. The van der Waals surface area contributed by atoms with Crippen LogP contribution in [0.15, 0.2) is 47.4 Å². The average Bonchev–Trinajstić information content (AvgIpc) is 2.53. The summed E-state index contributed by atoms with van der Waals surface area (Å²) in [4.78, 5) is 1.39. The standard InChI is InChI=1S/C17H18ClNOS/c1-20-16-7-6-13(18)10-12(16)11-19-15-8-9-21-17-5-3-2-4-14(15)17/h2-7,10,15,19H,8-9,11H2,1H3. The highest BCUT2D eigenvalue weighted by molar-refractivity contribution is 7.99. The van der Waals surface area contributed by atoms with Gasteiger partial charge in [-0.25, -0.2) is 0 Å². The minimum absolute atomic E-state index is 0.395. The van der Waals surface area contributed by atoms with Gasteiger partial charge in [0.25, 0.3) is 0 Å². The summed E-state index contributed by atoms with van der Waals surface area (Å²) in [5, 5.41) is 4.39. The van der Waals surface area contributed by atoms with Crippen molar-refractivity contribution in [3.8, 4) is 5.75 Å². The van der Waals surface area contributed by atoms with Gasteiger partial charge in [-0.05, 0) is 42.0 Å². The molecule has 1 unspecified atom stereocenters. The molecule has 0 saturated heterocycles. The summed E-state index contributed by atoms with van der Waals surface area (Å²) in [6.07, 6.45) is 1.14. The summed E-state index contributed by atoms with van der Waals surface area (Å²) in [6.45, 7) is 0.757. The molecule has 0 amide bonds. The van der Waals surface area contributed by atoms with E-state index in [9.17, 15) is 0 Å². The van der Waals surface area contributed by atoms with Crippen molar-refractivity contribution in [2.75, 3.05) is 12.9 Å². The first-order chi connectivity index (χ1) is 10.3. The summed E-state index contributed by atoms with van der Waals surface area (Å²) in [6, 6.07) is 14.8. The summed E-state index contributed by atoms with van der Waals surface area (Å²) < 4.78 is 5.41. The van der Waals surface area contributed by atoms with Crippen LogP contribution in [0.1, 0.15) is 23.6 Å². The molecule has 1 aliphatic heterocycles. The third-order valence-electron chi connectivity index (χ3n) is 3.74. The molecule has 2 aromatic rings. The molecule has 1 aliphatic rings. The number of thioether (sulfide) groups is 1. The van der Waals surface area contributed by atoms with Gasteiger partial charge in [0.15, 0.2) is 0 Å². The molecule has 1 atom stereocenters. The fourth-order valence-corrected chi connectivity index (χ4v) is 3.99. The molecular weight excluding hydrogens is 302 g/mol. The van der Waals surface area contributed by atoms with Crippen molar-refractivity contribution < 1.29 is 4.74 Å². The number of ether oxygens (including phenoxy) is 1. The number of hydrogen-bond acceptors (Lipinski definition) is 3. The van der Waals surface area contributed by atoms with Gasteiger partial charge >= 0.3 is 0 Å². The van der Waals surface area contributed by atoms with Gasteiger partial charge in [-0.2, -0.15) is 0 Å². The van der Waals surface area contributed by atoms with Crippen molar-refractivity contribution in [3.63, 3.8) is 0 Å². The second-order valence-electron chi connectivity index (χ2n) is 5.06. The molecule has 0 radical (unpaired) electrons. The van der Waals surface area contributed by atoms with Crippen LogP contribution in [0, 0.1) is 0 Å². The number of rotatable bonds is 4. The highest BCUT2D eigenvalue weighted by atomic mass is 35.5. The van der Waals surface area contributed by atoms with E-state index in [2.05, 4.69) is 29.6 Å². The van der Waals surface area contributed by atoms with Crippen LogP contribution in [0.2, 0.25) is 5.02 Å². The van der Waals surface area contributed by atoms with Crippen LogP contribution in [-0.4, -0.2) is 12.9 Å². The van der Waals surface area contributed by atoms with E-state index in [1.807, 2.05) is 30.0 Å². The molecule has 2 aromatic carbocycles. The maximum Gasteiger partial charge on any atom is 0.123 e. The molecule has 1 N–H and O–H groups in total. The molecule has 0 saturated carbocycles. The van der Waals surface area contributed by atoms with E-state index in [4.69, 9.17) is 16.3 Å². The quantitative estimate of drug-likeness (QED) is 0.884. The minimum atomic E-state index is 0.395. The average molecular weight is 320 g/mol. The van der Waals surface area contributed by atoms with E-state index in [-0.39, 0.29) is 0 Å². The van der Waals surface area contributed by atoms with Crippen LogP contribution in [0.4, 0.5) is 0 Å². The first-order valence-electron chi connectivity index (χ1n) is 7.05. The van der Waals surface area contributed by atoms with Crippen LogP contribution in [0.3, 0.4) is 0 Å². The highest BCUT2D eigenvalue weighted by Gasteiger charge is 2.20. The normalized spacial score (nSPS) is 17.3. The molecule has 0 spiro atoms. The van der Waals surface area contributed by atoms with E-state index >= 15 is 0 Å². The second-order valence-corrected chi connectivity index (χ2v) is 6.64. The topological polar surface area (TPSA) is 21.3 Å². The Morgan fingerprint density at radius 1 is 1.29 bits per heavy atom. The maximum absolute atomic E-state index is 6.09. The van der Waals surface area contributed by atoms with Crippen LogP contribution < -0.4 is 10.1 Å². The third kappa shape index (κ3) is 3.37. The van der Waals surface area contributed by atoms with Crippen molar-refractivity contribution in [1.29, 1.82) is 0 Å². The van der Waals surface area contributed by atoms with Crippen molar-refractivity contribution >= 4 is 23.4 Å². The molecule has 0 bridgehead atoms. The third-order valence-corrected chi connectivity index (χ3v) is 5.10. The molecule has 4 heteroatoms. The number of methoxy groups -OCH3 is 1. The summed E-state index contributed by atoms with van der Waals surface area (Å²) in [5.41, 5.74) is 2.50. The molecule has 0 aliphatic carbocycles. The van der Waals surface area contributed by atoms with E-state index in [0.29, 0.717) is 6.04 Å². The Kier molecular flexibility index (Phi) is 4.73. The Morgan fingerprint density at radius 3 is 3.00 bits per heavy atom. The van der Waals surface area contributed by atoms with Crippen molar-refractivity contribution in [2.24, 2.45) is 0 Å². The number of fused-ring (bicyclic) bond motifs is 1. The van der Waals surface area contributed by atoms with Crippen LogP contribution in [-0.2, 0) is 6.54 Å². The fourth-order valence-electron chi connectivity index (χ4n) is 2.67. The van der Waals surface area contributed by atoms with Gasteiger partial charge in [0.2, 0.25) is 0 Å². The minimum Gasteiger partial charge on any atom is -0.496 e. The monoisotopic (exact) mass is 319 g/mol. The Labute approximate surface area is 134 Å². The largest absolute Gasteiger partial charge is 0.496 e. The molecule has 0 aromatic heterocycles. The lowest BCUT2D eigenvalue weighted by Gasteiger charge is -2.26. The Morgan fingerprint density at radius 2 is 2.14 bits per heavy atom. The summed E-state index contributed by atoms with van der Waals surface area (Å²) in [5.74, 6) is 2.03. The van der Waals surface area contributed by atoms with Gasteiger partial charge in [-0.15, -0.1) is 11.8 Å². The van der Waals surface area contributed by atoms with Crippen LogP contribution >= 0.6 is 23.4 Å². The fraction of sp³-hybridized carbons (Fsp3) is 0.294. The highest BCUT2D eigenvalue weighted by Crippen LogP contribution is 2.36. The van der Waals surface area contributed by atoms with E-state index < -0.39 is 0 Å². The number of halogens is 1. The van der Waals surface area contributed by atoms with E-state index in [1.165, 1.54) is 10.5 Å². The Balaban J connectivity index is 1.76. The van der Waals surface area contributed by atoms with Crippen molar-refractivity contribution in [2.45, 2.75) is 23.9 Å². The van der Waals surface area contributed by atoms with Gasteiger partial charge in [0, 0.05) is 28.1 Å². The first kappa shape index (κ1) is 14.8. The number of benzene rings is 2. The first-order valence-corrected chi connectivity index (χ1v) is 8.42. The Hall–Kier alpha value is -1.16. The summed E-state index contributed by atoms with van der Waals surface area (Å²) >= 11 is 8.03. The zero-order valence-electron chi connectivity index (χ0n) is 11.9. The van der Waals surface area contributed by atoms with Gasteiger partial charge in [-0.1, -0.05) is 29.8 Å². The predicted octanol–water partition coefficient (Wildman–Crippen LogP) is 4.68. The predicted molar refractivity (Wildman–Crippen MR) is 89.4 cm³/mol. The lowest BCUT2D eigenvalue weighted by molar-refractivity contribution is 0.404. The van der Waals surface area contributed by atoms with Gasteiger partial charge in [0.1, 0.15) is 5.75 Å². The molecule has 21 heavy (non-hydrogen) atoms. The van der Waals surface area contributed by atoms with Crippen LogP contribution in [0.5, 0.6) is 5.75 Å². The summed E-state index contributed by atoms with van der Waals surface area (Å²) in [7, 11) is 1.69. The smallest absolute Gasteiger partial charge is 0.123 e. The van der Waals surface area contributed by atoms with E-state index in [1.54, 1.807) is 7.11 Å². The zero-order chi connectivity index (χ0) is 14.7. The molecule has 1 heterocycles. The lowest BCUT2D eigenvalue weighted by Crippen LogP contribution is -2.24. The molecule has 2 nitrogen and oxygen atoms in total. The maximum atomic E-state index is 6.09. The van der Waals surface area contributed by atoms with Crippen molar-refractivity contribution in [3.05, 3.63) is 58.6 Å². The number of nitrogens with one attached hydrogen (secondary N) is 1. The Bertz CT molecular complexity index is 632. The van der Waals surface area contributed by atoms with Crippen LogP contribution in [0.25, 0.3) is 0 Å².